The molecule has 10 heteroatoms. The number of nitrogens with one attached hydrogen (secondary N) is 1. The van der Waals surface area contributed by atoms with E-state index in [1.54, 1.807) is 32.0 Å². The van der Waals surface area contributed by atoms with Crippen LogP contribution in [-0.4, -0.2) is 39.6 Å². The lowest BCUT2D eigenvalue weighted by atomic mass is 10.1. The zero-order valence-corrected chi connectivity index (χ0v) is 17.0. The van der Waals surface area contributed by atoms with Gasteiger partial charge < -0.3 is 9.64 Å². The maximum Gasteiger partial charge on any atom is 0.271 e. The van der Waals surface area contributed by atoms with Gasteiger partial charge in [-0.1, -0.05) is 17.7 Å². The first-order chi connectivity index (χ1) is 13.2. The smallest absolute Gasteiger partial charge is 0.271 e. The molecule has 1 aliphatic rings. The molecule has 0 unspecified atom stereocenters. The molecule has 150 valence electrons. The first-order valence-corrected chi connectivity index (χ1v) is 10.5. The van der Waals surface area contributed by atoms with E-state index in [0.29, 0.717) is 53.8 Å². The predicted molar refractivity (Wildman–Crippen MR) is 108 cm³/mol. The molecule has 0 amide bonds. The Bertz CT molecular complexity index is 1020. The Hall–Kier alpha value is -2.36. The summed E-state index contributed by atoms with van der Waals surface area (Å²) < 4.78 is 34.1. The van der Waals surface area contributed by atoms with Crippen LogP contribution in [0.15, 0.2) is 35.2 Å². The van der Waals surface area contributed by atoms with E-state index in [4.69, 9.17) is 16.3 Å². The summed E-state index contributed by atoms with van der Waals surface area (Å²) in [7, 11) is -4.07. The van der Waals surface area contributed by atoms with E-state index in [9.17, 15) is 18.5 Å². The van der Waals surface area contributed by atoms with Gasteiger partial charge >= 0.3 is 0 Å². The number of benzene rings is 2. The summed E-state index contributed by atoms with van der Waals surface area (Å²) in [6, 6.07) is 7.38. The normalized spacial score (nSPS) is 14.8. The highest BCUT2D eigenvalue weighted by Crippen LogP contribution is 2.36. The van der Waals surface area contributed by atoms with Crippen molar-refractivity contribution in [1.29, 1.82) is 0 Å². The highest BCUT2D eigenvalue weighted by molar-refractivity contribution is 7.92. The van der Waals surface area contributed by atoms with Crippen molar-refractivity contribution in [1.82, 2.24) is 0 Å². The van der Waals surface area contributed by atoms with Gasteiger partial charge in [0.1, 0.15) is 0 Å². The van der Waals surface area contributed by atoms with Crippen LogP contribution in [0.4, 0.5) is 17.1 Å². The van der Waals surface area contributed by atoms with E-state index in [1.165, 1.54) is 6.07 Å². The lowest BCUT2D eigenvalue weighted by molar-refractivity contribution is -0.385. The van der Waals surface area contributed by atoms with Crippen LogP contribution in [0.2, 0.25) is 5.02 Å². The monoisotopic (exact) mass is 425 g/mol. The molecule has 1 aliphatic heterocycles. The van der Waals surface area contributed by atoms with Gasteiger partial charge in [-0.3, -0.25) is 14.8 Å². The van der Waals surface area contributed by atoms with Gasteiger partial charge in [0.25, 0.3) is 15.7 Å². The number of nitro benzene ring substituents is 1. The van der Waals surface area contributed by atoms with E-state index >= 15 is 0 Å². The summed E-state index contributed by atoms with van der Waals surface area (Å²) in [4.78, 5) is 12.4. The number of sulfonamides is 1. The molecule has 0 atom stereocenters. The van der Waals surface area contributed by atoms with Gasteiger partial charge in [-0.2, -0.15) is 0 Å². The van der Waals surface area contributed by atoms with Gasteiger partial charge in [-0.15, -0.1) is 0 Å². The number of anilines is 2. The highest BCUT2D eigenvalue weighted by Gasteiger charge is 2.25. The second kappa shape index (κ2) is 7.94. The molecule has 1 fully saturated rings. The van der Waals surface area contributed by atoms with Crippen molar-refractivity contribution < 1.29 is 18.1 Å². The fourth-order valence-corrected chi connectivity index (χ4v) is 4.80. The van der Waals surface area contributed by atoms with Crippen LogP contribution in [-0.2, 0) is 14.8 Å². The van der Waals surface area contributed by atoms with E-state index < -0.39 is 14.9 Å². The van der Waals surface area contributed by atoms with Gasteiger partial charge in [0.2, 0.25) is 0 Å². The maximum absolute atomic E-state index is 13.1. The SMILES string of the molecule is Cc1cc([N+](=O)[O-])cc(S(=O)(=O)Nc2cccc(Cl)c2N2CCOCC2)c1C. The average molecular weight is 426 g/mol. The Morgan fingerprint density at radius 2 is 1.89 bits per heavy atom. The van der Waals surface area contributed by atoms with Gasteiger partial charge in [0.05, 0.1) is 39.4 Å². The molecular weight excluding hydrogens is 406 g/mol. The third-order valence-electron chi connectivity index (χ3n) is 4.66. The number of ether oxygens (including phenoxy) is 1. The lowest BCUT2D eigenvalue weighted by Crippen LogP contribution is -2.37. The first kappa shape index (κ1) is 20.4. The van der Waals surface area contributed by atoms with Gasteiger partial charge in [0, 0.05) is 25.2 Å². The Kier molecular flexibility index (Phi) is 5.78. The highest BCUT2D eigenvalue weighted by atomic mass is 35.5. The molecule has 0 spiro atoms. The predicted octanol–water partition coefficient (Wildman–Crippen LogP) is 3.50. The van der Waals surface area contributed by atoms with Crippen molar-refractivity contribution in [3.8, 4) is 0 Å². The number of morpholine rings is 1. The summed E-state index contributed by atoms with van der Waals surface area (Å²) in [5, 5.41) is 11.6. The average Bonchev–Trinajstić information content (AvgIpc) is 2.64. The van der Waals surface area contributed by atoms with Crippen LogP contribution >= 0.6 is 11.6 Å². The fourth-order valence-electron chi connectivity index (χ4n) is 3.10. The number of hydrogen-bond donors (Lipinski definition) is 1. The number of aryl methyl sites for hydroxylation is 1. The van der Waals surface area contributed by atoms with Crippen molar-refractivity contribution >= 4 is 38.7 Å². The number of rotatable bonds is 5. The Morgan fingerprint density at radius 3 is 2.54 bits per heavy atom. The largest absolute Gasteiger partial charge is 0.378 e. The van der Waals surface area contributed by atoms with Crippen molar-refractivity contribution in [3.63, 3.8) is 0 Å². The number of nitrogens with zero attached hydrogens (tertiary/aromatic N) is 2. The molecule has 0 aliphatic carbocycles. The molecule has 1 heterocycles. The zero-order chi connectivity index (χ0) is 20.5. The van der Waals surface area contributed by atoms with Gasteiger partial charge in [0.15, 0.2) is 0 Å². The minimum absolute atomic E-state index is 0.132. The quantitative estimate of drug-likeness (QED) is 0.581. The molecule has 0 saturated carbocycles. The second-order valence-electron chi connectivity index (χ2n) is 6.48. The van der Waals surface area contributed by atoms with Crippen LogP contribution in [0.1, 0.15) is 11.1 Å². The minimum atomic E-state index is -4.07. The third-order valence-corrected chi connectivity index (χ3v) is 6.46. The molecule has 2 aromatic rings. The number of para-hydroxylation sites is 1. The number of non-ortho nitro benzene ring substituents is 1. The van der Waals surface area contributed by atoms with Crippen LogP contribution < -0.4 is 9.62 Å². The molecule has 0 radical (unpaired) electrons. The molecule has 0 aromatic heterocycles. The summed E-state index contributed by atoms with van der Waals surface area (Å²) in [6.07, 6.45) is 0. The molecule has 1 saturated heterocycles. The Morgan fingerprint density at radius 1 is 1.21 bits per heavy atom. The van der Waals surface area contributed by atoms with E-state index in [0.717, 1.165) is 6.07 Å². The molecule has 2 aromatic carbocycles. The fraction of sp³-hybridized carbons (Fsp3) is 0.333. The molecule has 28 heavy (non-hydrogen) atoms. The van der Waals surface area contributed by atoms with E-state index in [2.05, 4.69) is 4.72 Å². The van der Waals surface area contributed by atoms with Crippen LogP contribution in [0, 0.1) is 24.0 Å². The van der Waals surface area contributed by atoms with Crippen LogP contribution in [0.3, 0.4) is 0 Å². The molecule has 1 N–H and O–H groups in total. The summed E-state index contributed by atoms with van der Waals surface area (Å²) in [5.41, 5.74) is 1.58. The minimum Gasteiger partial charge on any atom is -0.378 e. The standard InChI is InChI=1S/C18H20ClN3O5S/c1-12-10-14(22(23)24)11-17(13(12)2)28(25,26)20-16-5-3-4-15(19)18(16)21-6-8-27-9-7-21/h3-5,10-11,20H,6-9H2,1-2H3. The number of halogens is 1. The summed E-state index contributed by atoms with van der Waals surface area (Å²) >= 11 is 6.35. The Balaban J connectivity index is 2.05. The second-order valence-corrected chi connectivity index (χ2v) is 8.54. The molecule has 0 bridgehead atoms. The van der Waals surface area contributed by atoms with Crippen molar-refractivity contribution in [3.05, 3.63) is 56.6 Å². The third kappa shape index (κ3) is 4.06. The number of hydrogen-bond acceptors (Lipinski definition) is 6. The van der Waals surface area contributed by atoms with Crippen molar-refractivity contribution in [2.24, 2.45) is 0 Å². The summed E-state index contributed by atoms with van der Waals surface area (Å²) in [6.45, 7) is 5.44. The first-order valence-electron chi connectivity index (χ1n) is 8.60. The number of nitro groups is 1. The summed E-state index contributed by atoms with van der Waals surface area (Å²) in [5.74, 6) is 0. The topological polar surface area (TPSA) is 102 Å². The maximum atomic E-state index is 13.1. The van der Waals surface area contributed by atoms with E-state index in [-0.39, 0.29) is 10.6 Å². The lowest BCUT2D eigenvalue weighted by Gasteiger charge is -2.31. The van der Waals surface area contributed by atoms with Crippen molar-refractivity contribution in [2.45, 2.75) is 18.7 Å². The van der Waals surface area contributed by atoms with Crippen LogP contribution in [0.25, 0.3) is 0 Å². The molecular formula is C18H20ClN3O5S. The van der Waals surface area contributed by atoms with Crippen LogP contribution in [0.5, 0.6) is 0 Å². The van der Waals surface area contributed by atoms with Gasteiger partial charge in [-0.05, 0) is 37.1 Å². The Labute approximate surface area is 168 Å². The molecule has 8 nitrogen and oxygen atoms in total. The van der Waals surface area contributed by atoms with Crippen molar-refractivity contribution in [2.75, 3.05) is 35.9 Å². The van der Waals surface area contributed by atoms with Gasteiger partial charge in [-0.25, -0.2) is 8.42 Å². The molecule has 3 rings (SSSR count). The van der Waals surface area contributed by atoms with E-state index in [1.807, 2.05) is 4.90 Å². The zero-order valence-electron chi connectivity index (χ0n) is 15.4.